The lowest BCUT2D eigenvalue weighted by Crippen LogP contribution is -2.53. The Kier molecular flexibility index (Phi) is 4.07. The van der Waals surface area contributed by atoms with Crippen LogP contribution < -0.4 is 10.6 Å². The standard InChI is InChI=1S/C21H19BrFN3O2/c22-12-7-8-18(16(23)10-12)24-19(27)15-11-13-4-3-9-26(13)21(15)14-5-1-2-6-17(14)25-20(21)28/h1-2,5-8,10,13,15H,3-4,9,11H2,(H,24,27)(H,25,28). The highest BCUT2D eigenvalue weighted by Gasteiger charge is 2.65. The van der Waals surface area contributed by atoms with Crippen LogP contribution in [0.1, 0.15) is 24.8 Å². The van der Waals surface area contributed by atoms with Crippen LogP contribution >= 0.6 is 15.9 Å². The van der Waals surface area contributed by atoms with Crippen molar-refractivity contribution in [3.63, 3.8) is 0 Å². The Bertz CT molecular complexity index is 997. The number of benzene rings is 2. The molecule has 3 aliphatic heterocycles. The molecule has 0 radical (unpaired) electrons. The van der Waals surface area contributed by atoms with E-state index in [-0.39, 0.29) is 23.5 Å². The van der Waals surface area contributed by atoms with Crippen molar-refractivity contribution in [2.75, 3.05) is 17.2 Å². The van der Waals surface area contributed by atoms with Crippen LogP contribution in [0.25, 0.3) is 0 Å². The van der Waals surface area contributed by atoms with Gasteiger partial charge in [-0.1, -0.05) is 34.1 Å². The van der Waals surface area contributed by atoms with Crippen molar-refractivity contribution in [1.29, 1.82) is 0 Å². The molecule has 2 aromatic carbocycles. The van der Waals surface area contributed by atoms with Gasteiger partial charge < -0.3 is 10.6 Å². The highest BCUT2D eigenvalue weighted by Crippen LogP contribution is 2.55. The third-order valence-electron chi connectivity index (χ3n) is 6.28. The summed E-state index contributed by atoms with van der Waals surface area (Å²) in [5.41, 5.74) is 0.712. The van der Waals surface area contributed by atoms with Crippen molar-refractivity contribution in [2.45, 2.75) is 30.8 Å². The molecule has 0 bridgehead atoms. The zero-order valence-electron chi connectivity index (χ0n) is 15.0. The number of hydrogen-bond donors (Lipinski definition) is 2. The minimum absolute atomic E-state index is 0.127. The van der Waals surface area contributed by atoms with E-state index in [1.807, 2.05) is 24.3 Å². The Morgan fingerprint density at radius 3 is 2.93 bits per heavy atom. The topological polar surface area (TPSA) is 61.4 Å². The van der Waals surface area contributed by atoms with E-state index >= 15 is 0 Å². The van der Waals surface area contributed by atoms with Crippen LogP contribution in [0.2, 0.25) is 0 Å². The molecule has 2 N–H and O–H groups in total. The van der Waals surface area contributed by atoms with Gasteiger partial charge in [0, 0.05) is 21.8 Å². The number of nitrogens with one attached hydrogen (secondary N) is 2. The first kappa shape index (κ1) is 17.8. The fourth-order valence-corrected chi connectivity index (χ4v) is 5.52. The van der Waals surface area contributed by atoms with E-state index in [1.165, 1.54) is 12.1 Å². The second-order valence-corrected chi connectivity index (χ2v) is 8.57. The quantitative estimate of drug-likeness (QED) is 0.740. The first-order valence-electron chi connectivity index (χ1n) is 9.45. The lowest BCUT2D eigenvalue weighted by molar-refractivity contribution is -0.135. The maximum Gasteiger partial charge on any atom is 0.250 e. The Hall–Kier alpha value is -2.25. The number of halogens is 2. The molecule has 3 aliphatic rings. The van der Waals surface area contributed by atoms with Gasteiger partial charge in [-0.25, -0.2) is 4.39 Å². The summed E-state index contributed by atoms with van der Waals surface area (Å²) >= 11 is 3.22. The van der Waals surface area contributed by atoms with Gasteiger partial charge in [0.1, 0.15) is 11.4 Å². The number of carbonyl (C=O) groups is 2. The van der Waals surface area contributed by atoms with Crippen LogP contribution in [0.15, 0.2) is 46.9 Å². The molecule has 2 fully saturated rings. The van der Waals surface area contributed by atoms with Crippen LogP contribution in [0.4, 0.5) is 15.8 Å². The average molecular weight is 444 g/mol. The van der Waals surface area contributed by atoms with Gasteiger partial charge in [0.05, 0.1) is 11.6 Å². The predicted octanol–water partition coefficient (Wildman–Crippen LogP) is 3.86. The number of amides is 2. The van der Waals surface area contributed by atoms with E-state index in [0.29, 0.717) is 10.9 Å². The average Bonchev–Trinajstić information content (AvgIpc) is 3.32. The molecule has 144 valence electrons. The van der Waals surface area contributed by atoms with Crippen LogP contribution in [-0.4, -0.2) is 29.3 Å². The number of anilines is 2. The molecule has 3 atom stereocenters. The van der Waals surface area contributed by atoms with Crippen molar-refractivity contribution in [1.82, 2.24) is 4.90 Å². The van der Waals surface area contributed by atoms with Crippen LogP contribution in [0, 0.1) is 11.7 Å². The molecule has 3 unspecified atom stereocenters. The summed E-state index contributed by atoms with van der Waals surface area (Å²) in [4.78, 5) is 28.8. The Morgan fingerprint density at radius 1 is 1.29 bits per heavy atom. The van der Waals surface area contributed by atoms with Gasteiger partial charge in [-0.05, 0) is 50.1 Å². The van der Waals surface area contributed by atoms with Gasteiger partial charge in [0.25, 0.3) is 0 Å². The number of hydrogen-bond acceptors (Lipinski definition) is 3. The van der Waals surface area contributed by atoms with Crippen molar-refractivity contribution in [3.05, 3.63) is 58.3 Å². The second kappa shape index (κ2) is 6.39. The van der Waals surface area contributed by atoms with Gasteiger partial charge in [0.15, 0.2) is 0 Å². The monoisotopic (exact) mass is 443 g/mol. The van der Waals surface area contributed by atoms with Crippen molar-refractivity contribution in [2.24, 2.45) is 5.92 Å². The summed E-state index contributed by atoms with van der Waals surface area (Å²) in [5, 5.41) is 5.70. The molecule has 28 heavy (non-hydrogen) atoms. The minimum Gasteiger partial charge on any atom is -0.324 e. The molecule has 0 aromatic heterocycles. The van der Waals surface area contributed by atoms with Crippen LogP contribution in [0.3, 0.4) is 0 Å². The summed E-state index contributed by atoms with van der Waals surface area (Å²) in [7, 11) is 0. The smallest absolute Gasteiger partial charge is 0.250 e. The minimum atomic E-state index is -1.02. The lowest BCUT2D eigenvalue weighted by Gasteiger charge is -2.36. The second-order valence-electron chi connectivity index (χ2n) is 7.66. The van der Waals surface area contributed by atoms with Gasteiger partial charge in [-0.3, -0.25) is 14.5 Å². The summed E-state index contributed by atoms with van der Waals surface area (Å²) in [6, 6.07) is 12.3. The first-order chi connectivity index (χ1) is 13.5. The Morgan fingerprint density at radius 2 is 2.11 bits per heavy atom. The first-order valence-corrected chi connectivity index (χ1v) is 10.2. The maximum absolute atomic E-state index is 14.3. The van der Waals surface area contributed by atoms with E-state index in [4.69, 9.17) is 0 Å². The Balaban J connectivity index is 1.57. The molecule has 3 heterocycles. The molecule has 5 nitrogen and oxygen atoms in total. The molecule has 2 aromatic rings. The van der Waals surface area contributed by atoms with Gasteiger partial charge >= 0.3 is 0 Å². The largest absolute Gasteiger partial charge is 0.324 e. The number of para-hydroxylation sites is 1. The van der Waals surface area contributed by atoms with Crippen molar-refractivity contribution in [3.8, 4) is 0 Å². The summed E-state index contributed by atoms with van der Waals surface area (Å²) < 4.78 is 14.9. The molecule has 0 saturated carbocycles. The van der Waals surface area contributed by atoms with E-state index in [0.717, 1.165) is 30.6 Å². The van der Waals surface area contributed by atoms with Gasteiger partial charge in [-0.15, -0.1) is 0 Å². The summed E-state index contributed by atoms with van der Waals surface area (Å²) in [5.74, 6) is -1.56. The molecule has 1 spiro atoms. The van der Waals surface area contributed by atoms with E-state index < -0.39 is 17.3 Å². The molecule has 2 saturated heterocycles. The maximum atomic E-state index is 14.3. The van der Waals surface area contributed by atoms with E-state index in [2.05, 4.69) is 31.5 Å². The molecular weight excluding hydrogens is 425 g/mol. The number of carbonyl (C=O) groups excluding carboxylic acids is 2. The highest BCUT2D eigenvalue weighted by atomic mass is 79.9. The third-order valence-corrected chi connectivity index (χ3v) is 6.77. The van der Waals surface area contributed by atoms with Crippen LogP contribution in [-0.2, 0) is 15.1 Å². The summed E-state index contributed by atoms with van der Waals surface area (Å²) in [6.07, 6.45) is 2.57. The lowest BCUT2D eigenvalue weighted by atomic mass is 9.78. The summed E-state index contributed by atoms with van der Waals surface area (Å²) in [6.45, 7) is 0.781. The zero-order chi connectivity index (χ0) is 19.5. The van der Waals surface area contributed by atoms with Gasteiger partial charge in [-0.2, -0.15) is 0 Å². The third kappa shape index (κ3) is 2.39. The Labute approximate surface area is 170 Å². The molecule has 7 heteroatoms. The van der Waals surface area contributed by atoms with E-state index in [9.17, 15) is 14.0 Å². The molecule has 5 rings (SSSR count). The number of fused-ring (bicyclic) bond motifs is 4. The SMILES string of the molecule is O=C(Nc1ccc(Br)cc1F)C1CC2CCCN2C12C(=O)Nc1ccccc12. The van der Waals surface area contributed by atoms with Crippen molar-refractivity contribution >= 4 is 39.1 Å². The predicted molar refractivity (Wildman–Crippen MR) is 107 cm³/mol. The normalized spacial score (nSPS) is 28.3. The fraction of sp³-hybridized carbons (Fsp3) is 0.333. The highest BCUT2D eigenvalue weighted by molar-refractivity contribution is 9.10. The molecular formula is C21H19BrFN3O2. The number of rotatable bonds is 2. The van der Waals surface area contributed by atoms with E-state index in [1.54, 1.807) is 6.07 Å². The van der Waals surface area contributed by atoms with Gasteiger partial charge in [0.2, 0.25) is 11.8 Å². The van der Waals surface area contributed by atoms with Crippen molar-refractivity contribution < 1.29 is 14.0 Å². The molecule has 2 amide bonds. The number of nitrogens with zero attached hydrogens (tertiary/aromatic N) is 1. The fourth-order valence-electron chi connectivity index (χ4n) is 5.19. The molecule has 0 aliphatic carbocycles. The zero-order valence-corrected chi connectivity index (χ0v) is 16.6. The van der Waals surface area contributed by atoms with Crippen LogP contribution in [0.5, 0.6) is 0 Å².